The Kier molecular flexibility index (Phi) is 8.81. The van der Waals surface area contributed by atoms with Gasteiger partial charge in [0.2, 0.25) is 15.9 Å². The summed E-state index contributed by atoms with van der Waals surface area (Å²) < 4.78 is 34.8. The minimum atomic E-state index is -4.18. The highest BCUT2D eigenvalue weighted by Crippen LogP contribution is 2.27. The molecule has 7 nitrogen and oxygen atoms in total. The van der Waals surface area contributed by atoms with Gasteiger partial charge in [-0.05, 0) is 54.8 Å². The zero-order chi connectivity index (χ0) is 28.0. The molecule has 0 fully saturated rings. The lowest BCUT2D eigenvalue weighted by Crippen LogP contribution is -2.45. The monoisotopic (exact) mass is 562 g/mol. The van der Waals surface area contributed by atoms with Crippen molar-refractivity contribution in [2.24, 2.45) is 0 Å². The molecule has 0 saturated carbocycles. The second-order valence-corrected chi connectivity index (χ2v) is 11.0. The fourth-order valence-electron chi connectivity index (χ4n) is 4.06. The van der Waals surface area contributed by atoms with Gasteiger partial charge in [0.1, 0.15) is 16.7 Å². The average Bonchev–Trinajstić information content (AvgIpc) is 2.94. The van der Waals surface area contributed by atoms with Crippen molar-refractivity contribution < 1.29 is 22.7 Å². The molecule has 0 aliphatic heterocycles. The van der Waals surface area contributed by atoms with Gasteiger partial charge in [-0.25, -0.2) is 8.42 Å². The molecule has 0 aromatic heterocycles. The lowest BCUT2D eigenvalue weighted by atomic mass is 10.0. The van der Waals surface area contributed by atoms with Crippen LogP contribution >= 0.6 is 11.6 Å². The van der Waals surface area contributed by atoms with Gasteiger partial charge in [0, 0.05) is 16.1 Å². The first kappa shape index (κ1) is 28.0. The van der Waals surface area contributed by atoms with Crippen LogP contribution < -0.4 is 14.8 Å². The van der Waals surface area contributed by atoms with Gasteiger partial charge in [0.15, 0.2) is 5.78 Å². The van der Waals surface area contributed by atoms with Crippen molar-refractivity contribution in [3.05, 3.63) is 124 Å². The SMILES string of the molecule is COc1ccc(C)cc1S(=O)(=O)N[C@H](Cc1ccccc1)C(=O)Nc1ccc(Cl)cc1C(=O)c1ccccc1. The Morgan fingerprint density at radius 1 is 0.897 bits per heavy atom. The molecule has 0 aliphatic carbocycles. The van der Waals surface area contributed by atoms with Crippen LogP contribution in [0.2, 0.25) is 5.02 Å². The van der Waals surface area contributed by atoms with Crippen LogP contribution in [0.1, 0.15) is 27.0 Å². The van der Waals surface area contributed by atoms with Crippen molar-refractivity contribution in [3.63, 3.8) is 0 Å². The third-order valence-corrected chi connectivity index (χ3v) is 7.75. The van der Waals surface area contributed by atoms with Crippen LogP contribution in [0.5, 0.6) is 5.75 Å². The summed E-state index contributed by atoms with van der Waals surface area (Å²) in [7, 11) is -2.80. The number of sulfonamides is 1. The van der Waals surface area contributed by atoms with Gasteiger partial charge in [-0.15, -0.1) is 0 Å². The molecule has 200 valence electrons. The van der Waals surface area contributed by atoms with Gasteiger partial charge >= 0.3 is 0 Å². The highest BCUT2D eigenvalue weighted by Gasteiger charge is 2.29. The third kappa shape index (κ3) is 6.92. The van der Waals surface area contributed by atoms with E-state index in [0.29, 0.717) is 16.1 Å². The van der Waals surface area contributed by atoms with Crippen molar-refractivity contribution in [1.29, 1.82) is 0 Å². The maximum absolute atomic E-state index is 13.6. The summed E-state index contributed by atoms with van der Waals surface area (Å²) in [6.45, 7) is 1.76. The van der Waals surface area contributed by atoms with E-state index >= 15 is 0 Å². The molecule has 1 amide bonds. The molecule has 1 atom stereocenters. The standard InChI is InChI=1S/C30H27ClN2O5S/c1-20-13-16-27(38-2)28(17-20)39(36,37)33-26(18-21-9-5-3-6-10-21)30(35)32-25-15-14-23(31)19-24(25)29(34)22-11-7-4-8-12-22/h3-17,19,26,33H,18H2,1-2H3,(H,32,35)/t26-/m1/s1. The molecule has 0 aliphatic rings. The molecule has 4 aromatic carbocycles. The van der Waals surface area contributed by atoms with Gasteiger partial charge < -0.3 is 10.1 Å². The molecule has 0 radical (unpaired) electrons. The number of benzene rings is 4. The predicted molar refractivity (Wildman–Crippen MR) is 152 cm³/mol. The highest BCUT2D eigenvalue weighted by atomic mass is 35.5. The number of nitrogens with one attached hydrogen (secondary N) is 2. The second kappa shape index (κ2) is 12.3. The van der Waals surface area contributed by atoms with Crippen LogP contribution in [-0.4, -0.2) is 33.3 Å². The molecule has 0 unspecified atom stereocenters. The molecule has 0 heterocycles. The van der Waals surface area contributed by atoms with Crippen molar-refractivity contribution in [2.45, 2.75) is 24.3 Å². The number of amides is 1. The molecule has 4 rings (SSSR count). The summed E-state index contributed by atoms with van der Waals surface area (Å²) in [6, 6.07) is 25.7. The maximum atomic E-state index is 13.6. The number of ether oxygens (including phenoxy) is 1. The fraction of sp³-hybridized carbons (Fsp3) is 0.133. The maximum Gasteiger partial charge on any atom is 0.245 e. The summed E-state index contributed by atoms with van der Waals surface area (Å²) in [5.74, 6) is -0.822. The Balaban J connectivity index is 1.69. The van der Waals surface area contributed by atoms with E-state index in [0.717, 1.165) is 5.56 Å². The van der Waals surface area contributed by atoms with E-state index in [1.807, 2.05) is 6.07 Å². The number of anilines is 1. The molecule has 0 bridgehead atoms. The largest absolute Gasteiger partial charge is 0.495 e. The number of hydrogen-bond acceptors (Lipinski definition) is 5. The van der Waals surface area contributed by atoms with E-state index in [2.05, 4.69) is 10.0 Å². The zero-order valence-corrected chi connectivity index (χ0v) is 22.9. The van der Waals surface area contributed by atoms with E-state index < -0.39 is 22.0 Å². The first-order valence-corrected chi connectivity index (χ1v) is 13.9. The second-order valence-electron chi connectivity index (χ2n) is 8.89. The predicted octanol–water partition coefficient (Wildman–Crippen LogP) is 5.42. The van der Waals surface area contributed by atoms with Gasteiger partial charge in [-0.1, -0.05) is 78.3 Å². The van der Waals surface area contributed by atoms with Crippen molar-refractivity contribution >= 4 is 39.0 Å². The summed E-state index contributed by atoms with van der Waals surface area (Å²) in [5, 5.41) is 3.07. The smallest absolute Gasteiger partial charge is 0.245 e. The first-order chi connectivity index (χ1) is 18.7. The fourth-order valence-corrected chi connectivity index (χ4v) is 5.68. The summed E-state index contributed by atoms with van der Waals surface area (Å²) in [6.07, 6.45) is 0.0651. The molecular weight excluding hydrogens is 536 g/mol. The van der Waals surface area contributed by atoms with Gasteiger partial charge in [0.05, 0.1) is 12.8 Å². The Morgan fingerprint density at radius 3 is 2.23 bits per heavy atom. The number of rotatable bonds is 10. The van der Waals surface area contributed by atoms with Crippen LogP contribution in [0.3, 0.4) is 0 Å². The number of carbonyl (C=O) groups excluding carboxylic acids is 2. The molecular formula is C30H27ClN2O5S. The summed E-state index contributed by atoms with van der Waals surface area (Å²) in [5.41, 5.74) is 2.27. The Bertz CT molecular complexity index is 1590. The highest BCUT2D eigenvalue weighted by molar-refractivity contribution is 7.89. The zero-order valence-electron chi connectivity index (χ0n) is 21.3. The quantitative estimate of drug-likeness (QED) is 0.251. The van der Waals surface area contributed by atoms with Crippen LogP contribution in [0.4, 0.5) is 5.69 Å². The van der Waals surface area contributed by atoms with Crippen LogP contribution in [0.15, 0.2) is 102 Å². The molecule has 0 spiro atoms. The van der Waals surface area contributed by atoms with E-state index in [4.69, 9.17) is 16.3 Å². The third-order valence-electron chi connectivity index (χ3n) is 6.03. The Labute approximate surface area is 232 Å². The van der Waals surface area contributed by atoms with Crippen LogP contribution in [0.25, 0.3) is 0 Å². The van der Waals surface area contributed by atoms with Gasteiger partial charge in [-0.2, -0.15) is 4.72 Å². The number of halogens is 1. The van der Waals surface area contributed by atoms with E-state index in [1.165, 1.54) is 25.3 Å². The number of methoxy groups -OCH3 is 1. The molecule has 0 saturated heterocycles. The van der Waals surface area contributed by atoms with Gasteiger partial charge in [0.25, 0.3) is 0 Å². The van der Waals surface area contributed by atoms with Crippen molar-refractivity contribution in [1.82, 2.24) is 4.72 Å². The van der Waals surface area contributed by atoms with Crippen molar-refractivity contribution in [2.75, 3.05) is 12.4 Å². The minimum absolute atomic E-state index is 0.0651. The van der Waals surface area contributed by atoms with E-state index in [1.54, 1.807) is 79.7 Å². The topological polar surface area (TPSA) is 102 Å². The first-order valence-electron chi connectivity index (χ1n) is 12.1. The normalized spacial score (nSPS) is 12.0. The molecule has 9 heteroatoms. The number of ketones is 1. The minimum Gasteiger partial charge on any atom is -0.495 e. The summed E-state index contributed by atoms with van der Waals surface area (Å²) >= 11 is 6.18. The molecule has 39 heavy (non-hydrogen) atoms. The number of hydrogen-bond donors (Lipinski definition) is 2. The van der Waals surface area contributed by atoms with Crippen LogP contribution in [-0.2, 0) is 21.2 Å². The molecule has 4 aromatic rings. The van der Waals surface area contributed by atoms with E-state index in [9.17, 15) is 18.0 Å². The van der Waals surface area contributed by atoms with Gasteiger partial charge in [-0.3, -0.25) is 9.59 Å². The lowest BCUT2D eigenvalue weighted by molar-refractivity contribution is -0.117. The lowest BCUT2D eigenvalue weighted by Gasteiger charge is -2.21. The Morgan fingerprint density at radius 2 is 1.56 bits per heavy atom. The number of carbonyl (C=O) groups is 2. The summed E-state index contributed by atoms with van der Waals surface area (Å²) in [4.78, 5) is 26.8. The Hall–Kier alpha value is -3.98. The number of aryl methyl sites for hydroxylation is 1. The molecule has 2 N–H and O–H groups in total. The average molecular weight is 563 g/mol. The van der Waals surface area contributed by atoms with E-state index in [-0.39, 0.29) is 34.1 Å². The van der Waals surface area contributed by atoms with Crippen LogP contribution in [0, 0.1) is 6.92 Å². The van der Waals surface area contributed by atoms with Crippen molar-refractivity contribution in [3.8, 4) is 5.75 Å².